The molecule has 0 spiro atoms. The molecule has 1 rings (SSSR count). The number of aryl methyl sites for hydroxylation is 1. The second-order valence-corrected chi connectivity index (χ2v) is 3.46. The Kier molecular flexibility index (Phi) is 5.15. The topological polar surface area (TPSA) is 44.5 Å². The lowest BCUT2D eigenvalue weighted by Gasteiger charge is -2.10. The smallest absolute Gasteiger partial charge is 0.119 e. The van der Waals surface area contributed by atoms with Gasteiger partial charge in [-0.05, 0) is 42.6 Å². The van der Waals surface area contributed by atoms with Crippen molar-refractivity contribution in [2.24, 2.45) is 5.73 Å². The van der Waals surface area contributed by atoms with Gasteiger partial charge in [0, 0.05) is 7.11 Å². The summed E-state index contributed by atoms with van der Waals surface area (Å²) in [4.78, 5) is 0. The summed E-state index contributed by atoms with van der Waals surface area (Å²) in [5, 5.41) is 0. The summed E-state index contributed by atoms with van der Waals surface area (Å²) >= 11 is 0. The molecular weight excluding hydrogens is 190 g/mol. The van der Waals surface area contributed by atoms with Gasteiger partial charge in [0.2, 0.25) is 0 Å². The van der Waals surface area contributed by atoms with Crippen molar-refractivity contribution in [1.82, 2.24) is 0 Å². The Morgan fingerprint density at radius 1 is 1.20 bits per heavy atom. The van der Waals surface area contributed by atoms with Gasteiger partial charge in [-0.15, -0.1) is 0 Å². The maximum absolute atomic E-state index is 5.50. The molecule has 0 amide bonds. The Labute approximate surface area is 91.2 Å². The second kappa shape index (κ2) is 6.43. The van der Waals surface area contributed by atoms with E-state index >= 15 is 0 Å². The van der Waals surface area contributed by atoms with Gasteiger partial charge in [0.15, 0.2) is 0 Å². The average molecular weight is 209 g/mol. The molecule has 3 nitrogen and oxygen atoms in total. The molecule has 0 radical (unpaired) electrons. The van der Waals surface area contributed by atoms with Crippen molar-refractivity contribution in [3.8, 4) is 5.75 Å². The van der Waals surface area contributed by atoms with Crippen molar-refractivity contribution in [2.75, 3.05) is 20.8 Å². The number of hydrogen-bond donors (Lipinski definition) is 1. The molecule has 0 fully saturated rings. The third-order valence-corrected chi connectivity index (χ3v) is 2.36. The van der Waals surface area contributed by atoms with E-state index in [1.165, 1.54) is 11.1 Å². The molecule has 0 unspecified atom stereocenters. The summed E-state index contributed by atoms with van der Waals surface area (Å²) in [5.41, 5.74) is 7.98. The zero-order valence-electron chi connectivity index (χ0n) is 9.45. The lowest BCUT2D eigenvalue weighted by molar-refractivity contribution is 0.184. The van der Waals surface area contributed by atoms with Crippen LogP contribution in [0.5, 0.6) is 5.75 Å². The predicted molar refractivity (Wildman–Crippen MR) is 61.1 cm³/mol. The molecule has 0 heterocycles. The number of hydrogen-bond acceptors (Lipinski definition) is 3. The van der Waals surface area contributed by atoms with E-state index in [0.717, 1.165) is 25.1 Å². The number of benzene rings is 1. The molecule has 84 valence electrons. The summed E-state index contributed by atoms with van der Waals surface area (Å²) in [6, 6.07) is 6.09. The second-order valence-electron chi connectivity index (χ2n) is 3.46. The van der Waals surface area contributed by atoms with Crippen molar-refractivity contribution < 1.29 is 9.47 Å². The van der Waals surface area contributed by atoms with E-state index in [-0.39, 0.29) is 0 Å². The molecular formula is C12H19NO2. The van der Waals surface area contributed by atoms with Crippen LogP contribution in [0.25, 0.3) is 0 Å². The maximum Gasteiger partial charge on any atom is 0.119 e. The van der Waals surface area contributed by atoms with Crippen LogP contribution in [0, 0.1) is 0 Å². The largest absolute Gasteiger partial charge is 0.497 e. The van der Waals surface area contributed by atoms with Crippen molar-refractivity contribution >= 4 is 0 Å². The van der Waals surface area contributed by atoms with Crippen LogP contribution in [0.4, 0.5) is 0 Å². The van der Waals surface area contributed by atoms with E-state index in [9.17, 15) is 0 Å². The van der Waals surface area contributed by atoms with E-state index < -0.39 is 0 Å². The quantitative estimate of drug-likeness (QED) is 0.776. The van der Waals surface area contributed by atoms with Gasteiger partial charge in [0.05, 0.1) is 13.7 Å². The standard InChI is InChI=1S/C12H19NO2/c1-14-9-11-8-12(15-2)6-5-10(11)4-3-7-13/h5-6,8H,3-4,7,9,13H2,1-2H3. The van der Waals surface area contributed by atoms with Crippen LogP contribution in [0.15, 0.2) is 18.2 Å². The Bertz CT molecular complexity index is 300. The van der Waals surface area contributed by atoms with Gasteiger partial charge in [0.25, 0.3) is 0 Å². The van der Waals surface area contributed by atoms with Gasteiger partial charge in [-0.3, -0.25) is 0 Å². The highest BCUT2D eigenvalue weighted by Crippen LogP contribution is 2.19. The molecule has 3 heteroatoms. The maximum atomic E-state index is 5.50. The minimum Gasteiger partial charge on any atom is -0.497 e. The molecule has 0 aromatic heterocycles. The summed E-state index contributed by atoms with van der Waals surface area (Å²) < 4.78 is 10.3. The highest BCUT2D eigenvalue weighted by molar-refractivity contribution is 5.35. The fourth-order valence-corrected chi connectivity index (χ4v) is 1.56. The van der Waals surface area contributed by atoms with E-state index in [1.54, 1.807) is 14.2 Å². The van der Waals surface area contributed by atoms with Gasteiger partial charge in [-0.1, -0.05) is 6.07 Å². The Hall–Kier alpha value is -1.06. The lowest BCUT2D eigenvalue weighted by atomic mass is 10.0. The highest BCUT2D eigenvalue weighted by Gasteiger charge is 2.03. The molecule has 1 aromatic rings. The van der Waals surface area contributed by atoms with E-state index in [4.69, 9.17) is 15.2 Å². The molecule has 0 bridgehead atoms. The number of rotatable bonds is 6. The first kappa shape index (κ1) is 12.0. The Morgan fingerprint density at radius 3 is 2.60 bits per heavy atom. The van der Waals surface area contributed by atoms with Crippen molar-refractivity contribution in [1.29, 1.82) is 0 Å². The van der Waals surface area contributed by atoms with Gasteiger partial charge < -0.3 is 15.2 Å². The molecule has 0 saturated heterocycles. The molecule has 2 N–H and O–H groups in total. The third kappa shape index (κ3) is 3.53. The van der Waals surface area contributed by atoms with E-state index in [0.29, 0.717) is 6.61 Å². The SMILES string of the molecule is COCc1cc(OC)ccc1CCCN. The summed E-state index contributed by atoms with van der Waals surface area (Å²) in [7, 11) is 3.37. The zero-order chi connectivity index (χ0) is 11.1. The summed E-state index contributed by atoms with van der Waals surface area (Å²) in [6.45, 7) is 1.34. The highest BCUT2D eigenvalue weighted by atomic mass is 16.5. The number of nitrogens with two attached hydrogens (primary N) is 1. The van der Waals surface area contributed by atoms with Gasteiger partial charge >= 0.3 is 0 Å². The number of ether oxygens (including phenoxy) is 2. The van der Waals surface area contributed by atoms with Crippen LogP contribution in [0.1, 0.15) is 17.5 Å². The lowest BCUT2D eigenvalue weighted by Crippen LogP contribution is -2.03. The molecule has 1 aromatic carbocycles. The van der Waals surface area contributed by atoms with E-state index in [1.807, 2.05) is 12.1 Å². The molecule has 0 aliphatic heterocycles. The minimum atomic E-state index is 0.622. The third-order valence-electron chi connectivity index (χ3n) is 2.36. The normalized spacial score (nSPS) is 10.3. The summed E-state index contributed by atoms with van der Waals surface area (Å²) in [6.07, 6.45) is 2.00. The number of methoxy groups -OCH3 is 2. The average Bonchev–Trinajstić information content (AvgIpc) is 2.27. The first-order valence-electron chi connectivity index (χ1n) is 5.16. The fourth-order valence-electron chi connectivity index (χ4n) is 1.56. The van der Waals surface area contributed by atoms with E-state index in [2.05, 4.69) is 6.07 Å². The van der Waals surface area contributed by atoms with Gasteiger partial charge in [-0.2, -0.15) is 0 Å². The van der Waals surface area contributed by atoms with Crippen LogP contribution in [0.3, 0.4) is 0 Å². The molecule has 0 aliphatic rings. The fraction of sp³-hybridized carbons (Fsp3) is 0.500. The molecule has 0 atom stereocenters. The molecule has 0 saturated carbocycles. The Morgan fingerprint density at radius 2 is 2.00 bits per heavy atom. The van der Waals surface area contributed by atoms with Crippen molar-refractivity contribution in [2.45, 2.75) is 19.4 Å². The first-order valence-corrected chi connectivity index (χ1v) is 5.16. The van der Waals surface area contributed by atoms with Crippen molar-refractivity contribution in [3.63, 3.8) is 0 Å². The zero-order valence-corrected chi connectivity index (χ0v) is 9.45. The Balaban J connectivity index is 2.82. The first-order chi connectivity index (χ1) is 7.31. The van der Waals surface area contributed by atoms with Crippen LogP contribution in [-0.4, -0.2) is 20.8 Å². The monoisotopic (exact) mass is 209 g/mol. The van der Waals surface area contributed by atoms with Crippen LogP contribution < -0.4 is 10.5 Å². The van der Waals surface area contributed by atoms with Gasteiger partial charge in [-0.25, -0.2) is 0 Å². The van der Waals surface area contributed by atoms with Crippen LogP contribution >= 0.6 is 0 Å². The molecule has 15 heavy (non-hydrogen) atoms. The van der Waals surface area contributed by atoms with Crippen molar-refractivity contribution in [3.05, 3.63) is 29.3 Å². The summed E-state index contributed by atoms with van der Waals surface area (Å²) in [5.74, 6) is 0.874. The van der Waals surface area contributed by atoms with Crippen LogP contribution in [-0.2, 0) is 17.8 Å². The predicted octanol–water partition coefficient (Wildman–Crippen LogP) is 1.73. The minimum absolute atomic E-state index is 0.622. The molecule has 0 aliphatic carbocycles. The van der Waals surface area contributed by atoms with Gasteiger partial charge in [0.1, 0.15) is 5.75 Å². The van der Waals surface area contributed by atoms with Crippen LogP contribution in [0.2, 0.25) is 0 Å².